The van der Waals surface area contributed by atoms with Gasteiger partial charge in [0.25, 0.3) is 0 Å². The fourth-order valence-corrected chi connectivity index (χ4v) is 2.23. The summed E-state index contributed by atoms with van der Waals surface area (Å²) in [6.07, 6.45) is 2.26. The first kappa shape index (κ1) is 15.4. The molecule has 0 spiro atoms. The van der Waals surface area contributed by atoms with Crippen LogP contribution in [0.25, 0.3) is 0 Å². The molecule has 102 valence electrons. The highest BCUT2D eigenvalue weighted by Crippen LogP contribution is 2.19. The second kappa shape index (κ2) is 8.48. The molecule has 4 nitrogen and oxygen atoms in total. The molecule has 0 aliphatic heterocycles. The summed E-state index contributed by atoms with van der Waals surface area (Å²) in [5, 5.41) is 21.4. The summed E-state index contributed by atoms with van der Waals surface area (Å²) in [6, 6.07) is 4.26. The van der Waals surface area contributed by atoms with Crippen LogP contribution in [0.4, 0.5) is 0 Å². The van der Waals surface area contributed by atoms with E-state index in [0.29, 0.717) is 5.75 Å². The van der Waals surface area contributed by atoms with Gasteiger partial charge in [-0.2, -0.15) is 0 Å². The quantitative estimate of drug-likeness (QED) is 0.626. The van der Waals surface area contributed by atoms with E-state index in [-0.39, 0.29) is 12.6 Å². The largest absolute Gasteiger partial charge is 0.394 e. The number of thioether (sulfide) groups is 1. The van der Waals surface area contributed by atoms with E-state index in [4.69, 9.17) is 5.11 Å². The third-order valence-electron chi connectivity index (χ3n) is 2.56. The Morgan fingerprint density at radius 2 is 2.22 bits per heavy atom. The van der Waals surface area contributed by atoms with Crippen molar-refractivity contribution in [2.75, 3.05) is 18.9 Å². The summed E-state index contributed by atoms with van der Waals surface area (Å²) in [4.78, 5) is 5.42. The van der Waals surface area contributed by atoms with Crippen LogP contribution in [-0.4, -0.2) is 40.2 Å². The molecule has 0 saturated heterocycles. The standard InChI is InChI=1S/C13H22N2O2S/c1-3-6-14-10(2)13-5-4-12(7-15-13)18-9-11(17)8-16/h4-5,7,10-11,14,16-17H,3,6,8-9H2,1-2H3. The average Bonchev–Trinajstić information content (AvgIpc) is 2.42. The van der Waals surface area contributed by atoms with E-state index in [2.05, 4.69) is 24.1 Å². The van der Waals surface area contributed by atoms with E-state index in [1.54, 1.807) is 0 Å². The van der Waals surface area contributed by atoms with Gasteiger partial charge in [0.1, 0.15) is 0 Å². The van der Waals surface area contributed by atoms with Crippen LogP contribution in [0.1, 0.15) is 32.0 Å². The summed E-state index contributed by atoms with van der Waals surface area (Å²) >= 11 is 1.50. The van der Waals surface area contributed by atoms with Crippen LogP contribution in [0.15, 0.2) is 23.2 Å². The number of pyridine rings is 1. The Kier molecular flexibility index (Phi) is 7.27. The summed E-state index contributed by atoms with van der Waals surface area (Å²) in [5.41, 5.74) is 1.02. The molecule has 1 rings (SSSR count). The Bertz CT molecular complexity index is 332. The second-order valence-corrected chi connectivity index (χ2v) is 5.34. The molecule has 1 aromatic heterocycles. The minimum atomic E-state index is -0.667. The molecule has 0 fully saturated rings. The topological polar surface area (TPSA) is 65.4 Å². The molecule has 0 saturated carbocycles. The molecule has 2 unspecified atom stereocenters. The Labute approximate surface area is 113 Å². The zero-order valence-corrected chi connectivity index (χ0v) is 11.8. The smallest absolute Gasteiger partial charge is 0.0864 e. The van der Waals surface area contributed by atoms with Gasteiger partial charge in [-0.25, -0.2) is 0 Å². The molecule has 18 heavy (non-hydrogen) atoms. The number of nitrogens with zero attached hydrogens (tertiary/aromatic N) is 1. The number of rotatable bonds is 8. The van der Waals surface area contributed by atoms with Crippen LogP contribution < -0.4 is 5.32 Å². The molecule has 0 radical (unpaired) electrons. The number of nitrogens with one attached hydrogen (secondary N) is 1. The van der Waals surface area contributed by atoms with Crippen molar-refractivity contribution in [2.45, 2.75) is 37.3 Å². The van der Waals surface area contributed by atoms with Crippen molar-refractivity contribution in [1.29, 1.82) is 0 Å². The number of aliphatic hydroxyl groups excluding tert-OH is 2. The van der Waals surface area contributed by atoms with Gasteiger partial charge in [0.15, 0.2) is 0 Å². The summed E-state index contributed by atoms with van der Waals surface area (Å²) in [5.74, 6) is 0.487. The van der Waals surface area contributed by atoms with E-state index in [9.17, 15) is 5.11 Å². The van der Waals surface area contributed by atoms with Crippen LogP contribution in [0, 0.1) is 0 Å². The number of hydrogen-bond acceptors (Lipinski definition) is 5. The molecule has 1 aromatic rings. The molecular weight excluding hydrogens is 248 g/mol. The maximum absolute atomic E-state index is 9.26. The van der Waals surface area contributed by atoms with Crippen LogP contribution in [0.3, 0.4) is 0 Å². The Morgan fingerprint density at radius 3 is 2.78 bits per heavy atom. The highest BCUT2D eigenvalue weighted by molar-refractivity contribution is 7.99. The SMILES string of the molecule is CCCNC(C)c1ccc(SCC(O)CO)cn1. The first-order chi connectivity index (χ1) is 8.67. The zero-order chi connectivity index (χ0) is 13.4. The molecular formula is C13H22N2O2S. The van der Waals surface area contributed by atoms with Gasteiger partial charge in [0.2, 0.25) is 0 Å². The summed E-state index contributed by atoms with van der Waals surface area (Å²) in [7, 11) is 0. The highest BCUT2D eigenvalue weighted by atomic mass is 32.2. The summed E-state index contributed by atoms with van der Waals surface area (Å²) < 4.78 is 0. The van der Waals surface area contributed by atoms with Crippen LogP contribution in [0.2, 0.25) is 0 Å². The third kappa shape index (κ3) is 5.35. The average molecular weight is 270 g/mol. The predicted octanol–water partition coefficient (Wildman–Crippen LogP) is 1.59. The number of hydrogen-bond donors (Lipinski definition) is 3. The lowest BCUT2D eigenvalue weighted by Gasteiger charge is -2.13. The van der Waals surface area contributed by atoms with Crippen LogP contribution in [0.5, 0.6) is 0 Å². The molecule has 2 atom stereocenters. The van der Waals surface area contributed by atoms with Crippen molar-refractivity contribution in [3.05, 3.63) is 24.0 Å². The van der Waals surface area contributed by atoms with Crippen molar-refractivity contribution in [3.63, 3.8) is 0 Å². The molecule has 3 N–H and O–H groups in total. The van der Waals surface area contributed by atoms with Gasteiger partial charge in [-0.05, 0) is 32.0 Å². The Morgan fingerprint density at radius 1 is 1.44 bits per heavy atom. The van der Waals surface area contributed by atoms with Gasteiger partial charge in [-0.3, -0.25) is 4.98 Å². The molecule has 0 aliphatic rings. The number of aliphatic hydroxyl groups is 2. The number of aromatic nitrogens is 1. The Hall–Kier alpha value is -0.620. The monoisotopic (exact) mass is 270 g/mol. The lowest BCUT2D eigenvalue weighted by molar-refractivity contribution is 0.113. The molecule has 1 heterocycles. The van der Waals surface area contributed by atoms with Crippen LogP contribution >= 0.6 is 11.8 Å². The van der Waals surface area contributed by atoms with E-state index in [0.717, 1.165) is 23.6 Å². The lowest BCUT2D eigenvalue weighted by Crippen LogP contribution is -2.20. The normalized spacial score (nSPS) is 14.4. The lowest BCUT2D eigenvalue weighted by atomic mass is 10.2. The second-order valence-electron chi connectivity index (χ2n) is 4.24. The fraction of sp³-hybridized carbons (Fsp3) is 0.615. The van der Waals surface area contributed by atoms with Gasteiger partial charge in [-0.1, -0.05) is 6.92 Å². The van der Waals surface area contributed by atoms with Crippen LogP contribution in [-0.2, 0) is 0 Å². The molecule has 5 heteroatoms. The van der Waals surface area contributed by atoms with Crippen molar-refractivity contribution >= 4 is 11.8 Å². The van der Waals surface area contributed by atoms with E-state index < -0.39 is 6.10 Å². The van der Waals surface area contributed by atoms with Gasteiger partial charge in [-0.15, -0.1) is 11.8 Å². The van der Waals surface area contributed by atoms with E-state index >= 15 is 0 Å². The maximum atomic E-state index is 9.26. The van der Waals surface area contributed by atoms with Crippen molar-refractivity contribution in [2.24, 2.45) is 0 Å². The van der Waals surface area contributed by atoms with Gasteiger partial charge < -0.3 is 15.5 Å². The van der Waals surface area contributed by atoms with Gasteiger partial charge in [0, 0.05) is 22.9 Å². The maximum Gasteiger partial charge on any atom is 0.0864 e. The van der Waals surface area contributed by atoms with Crippen molar-refractivity contribution in [1.82, 2.24) is 10.3 Å². The van der Waals surface area contributed by atoms with Crippen molar-refractivity contribution < 1.29 is 10.2 Å². The molecule has 0 aliphatic carbocycles. The minimum absolute atomic E-state index is 0.198. The van der Waals surface area contributed by atoms with Gasteiger partial charge in [0.05, 0.1) is 18.4 Å². The van der Waals surface area contributed by atoms with Crippen molar-refractivity contribution in [3.8, 4) is 0 Å². The first-order valence-corrected chi connectivity index (χ1v) is 7.27. The van der Waals surface area contributed by atoms with E-state index in [1.807, 2.05) is 18.3 Å². The Balaban J connectivity index is 2.46. The van der Waals surface area contributed by atoms with E-state index in [1.165, 1.54) is 11.8 Å². The zero-order valence-electron chi connectivity index (χ0n) is 11.0. The fourth-order valence-electron chi connectivity index (χ4n) is 1.44. The minimum Gasteiger partial charge on any atom is -0.394 e. The summed E-state index contributed by atoms with van der Waals surface area (Å²) in [6.45, 7) is 5.03. The molecule has 0 aromatic carbocycles. The third-order valence-corrected chi connectivity index (χ3v) is 3.68. The molecule has 0 amide bonds. The predicted molar refractivity (Wildman–Crippen MR) is 74.8 cm³/mol. The van der Waals surface area contributed by atoms with Gasteiger partial charge >= 0.3 is 0 Å². The highest BCUT2D eigenvalue weighted by Gasteiger charge is 2.07. The first-order valence-electron chi connectivity index (χ1n) is 6.28. The molecule has 0 bridgehead atoms.